The zero-order valence-electron chi connectivity index (χ0n) is 15.0. The van der Waals surface area contributed by atoms with Crippen LogP contribution in [-0.4, -0.2) is 51.4 Å². The molecule has 2 fully saturated rings. The molecule has 0 bridgehead atoms. The van der Waals surface area contributed by atoms with Crippen LogP contribution in [0.4, 0.5) is 5.69 Å². The molecule has 27 heavy (non-hydrogen) atoms. The van der Waals surface area contributed by atoms with Gasteiger partial charge in [-0.3, -0.25) is 4.79 Å². The Hall–Kier alpha value is -2.38. The van der Waals surface area contributed by atoms with Gasteiger partial charge in [-0.15, -0.1) is 0 Å². The number of sulfonamides is 1. The summed E-state index contributed by atoms with van der Waals surface area (Å²) in [5, 5.41) is 2.81. The highest BCUT2D eigenvalue weighted by atomic mass is 32.2. The Bertz CT molecular complexity index is 905. The molecule has 0 aliphatic carbocycles. The van der Waals surface area contributed by atoms with Gasteiger partial charge in [0.2, 0.25) is 15.9 Å². The van der Waals surface area contributed by atoms with Gasteiger partial charge < -0.3 is 10.2 Å². The lowest BCUT2D eigenvalue weighted by atomic mass is 9.99. The standard InChI is InChI=1S/C20H23N3O3S/c24-20-14-17(15-21-20)16-6-8-19(9-7-16)27(25,26)23-12-10-22(11-13-23)18-4-2-1-3-5-18/h1-9,17H,10-15H2,(H,21,24)/t17-/m1/s1. The lowest BCUT2D eigenvalue weighted by molar-refractivity contribution is -0.119. The highest BCUT2D eigenvalue weighted by Gasteiger charge is 2.29. The summed E-state index contributed by atoms with van der Waals surface area (Å²) >= 11 is 0. The van der Waals surface area contributed by atoms with E-state index in [1.165, 1.54) is 0 Å². The van der Waals surface area contributed by atoms with Gasteiger partial charge in [-0.25, -0.2) is 8.42 Å². The Kier molecular flexibility index (Phi) is 4.88. The van der Waals surface area contributed by atoms with Crippen molar-refractivity contribution in [1.29, 1.82) is 0 Å². The molecule has 1 amide bonds. The van der Waals surface area contributed by atoms with E-state index in [1.54, 1.807) is 16.4 Å². The van der Waals surface area contributed by atoms with E-state index in [1.807, 2.05) is 42.5 Å². The Labute approximate surface area is 159 Å². The third kappa shape index (κ3) is 3.70. The average molecular weight is 385 g/mol. The maximum Gasteiger partial charge on any atom is 0.243 e. The SMILES string of the molecule is O=C1C[C@@H](c2ccc(S(=O)(=O)N3CCN(c4ccccc4)CC3)cc2)CN1. The number of para-hydroxylation sites is 1. The second-order valence-electron chi connectivity index (χ2n) is 7.00. The minimum Gasteiger partial charge on any atom is -0.369 e. The molecule has 0 unspecified atom stereocenters. The number of piperazine rings is 1. The maximum atomic E-state index is 13.0. The van der Waals surface area contributed by atoms with Crippen LogP contribution in [0.1, 0.15) is 17.9 Å². The molecule has 2 saturated heterocycles. The number of amides is 1. The summed E-state index contributed by atoms with van der Waals surface area (Å²) in [5.74, 6) is 0.177. The van der Waals surface area contributed by atoms with Crippen LogP contribution in [0.5, 0.6) is 0 Å². The molecule has 2 aliphatic heterocycles. The highest BCUT2D eigenvalue weighted by Crippen LogP contribution is 2.26. The molecule has 2 aromatic rings. The van der Waals surface area contributed by atoms with Crippen molar-refractivity contribution in [3.63, 3.8) is 0 Å². The van der Waals surface area contributed by atoms with Gasteiger partial charge in [0.05, 0.1) is 4.90 Å². The Morgan fingerprint density at radius 3 is 2.15 bits per heavy atom. The summed E-state index contributed by atoms with van der Waals surface area (Å²) in [6.45, 7) is 2.92. The fourth-order valence-electron chi connectivity index (χ4n) is 3.73. The van der Waals surface area contributed by atoms with Crippen molar-refractivity contribution in [2.24, 2.45) is 0 Å². The molecule has 0 saturated carbocycles. The van der Waals surface area contributed by atoms with E-state index in [4.69, 9.17) is 0 Å². The Morgan fingerprint density at radius 1 is 0.889 bits per heavy atom. The van der Waals surface area contributed by atoms with Crippen molar-refractivity contribution in [3.05, 3.63) is 60.2 Å². The van der Waals surface area contributed by atoms with Crippen molar-refractivity contribution in [3.8, 4) is 0 Å². The van der Waals surface area contributed by atoms with Gasteiger partial charge in [-0.05, 0) is 29.8 Å². The largest absolute Gasteiger partial charge is 0.369 e. The molecular weight excluding hydrogens is 362 g/mol. The van der Waals surface area contributed by atoms with E-state index in [9.17, 15) is 13.2 Å². The van der Waals surface area contributed by atoms with Gasteiger partial charge in [0, 0.05) is 50.7 Å². The van der Waals surface area contributed by atoms with Crippen molar-refractivity contribution >= 4 is 21.6 Å². The minimum absolute atomic E-state index is 0.0491. The topological polar surface area (TPSA) is 69.7 Å². The van der Waals surface area contributed by atoms with Crippen molar-refractivity contribution in [2.45, 2.75) is 17.2 Å². The molecule has 2 aromatic carbocycles. The van der Waals surface area contributed by atoms with Crippen LogP contribution in [0, 0.1) is 0 Å². The molecule has 2 heterocycles. The number of rotatable bonds is 4. The third-order valence-corrected chi connectivity index (χ3v) is 7.24. The molecule has 0 radical (unpaired) electrons. The fraction of sp³-hybridized carbons (Fsp3) is 0.350. The first-order valence-electron chi connectivity index (χ1n) is 9.21. The number of carbonyl (C=O) groups excluding carboxylic acids is 1. The zero-order valence-corrected chi connectivity index (χ0v) is 15.9. The number of anilines is 1. The third-order valence-electron chi connectivity index (χ3n) is 5.33. The van der Waals surface area contributed by atoms with E-state index in [-0.39, 0.29) is 11.8 Å². The van der Waals surface area contributed by atoms with Crippen molar-refractivity contribution < 1.29 is 13.2 Å². The van der Waals surface area contributed by atoms with Crippen LogP contribution in [0.3, 0.4) is 0 Å². The maximum absolute atomic E-state index is 13.0. The molecule has 6 nitrogen and oxygen atoms in total. The van der Waals surface area contributed by atoms with Crippen LogP contribution >= 0.6 is 0 Å². The van der Waals surface area contributed by atoms with Gasteiger partial charge in [0.25, 0.3) is 0 Å². The smallest absolute Gasteiger partial charge is 0.243 e. The van der Waals surface area contributed by atoms with Gasteiger partial charge in [-0.1, -0.05) is 30.3 Å². The molecule has 142 valence electrons. The molecule has 4 rings (SSSR count). The fourth-order valence-corrected chi connectivity index (χ4v) is 5.15. The lowest BCUT2D eigenvalue weighted by Crippen LogP contribution is -2.48. The molecule has 7 heteroatoms. The Morgan fingerprint density at radius 2 is 1.56 bits per heavy atom. The summed E-state index contributed by atoms with van der Waals surface area (Å²) in [5.41, 5.74) is 2.12. The number of nitrogens with one attached hydrogen (secondary N) is 1. The summed E-state index contributed by atoms with van der Waals surface area (Å²) in [7, 11) is -3.49. The van der Waals surface area contributed by atoms with Crippen LogP contribution in [0.25, 0.3) is 0 Å². The van der Waals surface area contributed by atoms with Gasteiger partial charge in [-0.2, -0.15) is 4.31 Å². The quantitative estimate of drug-likeness (QED) is 0.871. The predicted octanol–water partition coefficient (Wildman–Crippen LogP) is 1.80. The van der Waals surface area contributed by atoms with Gasteiger partial charge in [0.1, 0.15) is 0 Å². The number of hydrogen-bond donors (Lipinski definition) is 1. The molecular formula is C20H23N3O3S. The van der Waals surface area contributed by atoms with Gasteiger partial charge in [0.15, 0.2) is 0 Å². The molecule has 0 aromatic heterocycles. The normalized spacial score (nSPS) is 21.3. The van der Waals surface area contributed by atoms with Crippen molar-refractivity contribution in [1.82, 2.24) is 9.62 Å². The van der Waals surface area contributed by atoms with Crippen LogP contribution in [0.15, 0.2) is 59.5 Å². The number of carbonyl (C=O) groups is 1. The van der Waals surface area contributed by atoms with E-state index in [0.29, 0.717) is 44.0 Å². The summed E-state index contributed by atoms with van der Waals surface area (Å²) < 4.78 is 27.5. The van der Waals surface area contributed by atoms with E-state index >= 15 is 0 Å². The van der Waals surface area contributed by atoms with Crippen LogP contribution in [-0.2, 0) is 14.8 Å². The molecule has 2 aliphatic rings. The first-order chi connectivity index (χ1) is 13.0. The van der Waals surface area contributed by atoms with Crippen LogP contribution in [0.2, 0.25) is 0 Å². The first-order valence-corrected chi connectivity index (χ1v) is 10.6. The predicted molar refractivity (Wildman–Crippen MR) is 104 cm³/mol. The van der Waals surface area contributed by atoms with Crippen LogP contribution < -0.4 is 10.2 Å². The average Bonchev–Trinajstić information content (AvgIpc) is 3.15. The molecule has 0 spiro atoms. The molecule has 1 atom stereocenters. The number of nitrogens with zero attached hydrogens (tertiary/aromatic N) is 2. The number of benzene rings is 2. The highest BCUT2D eigenvalue weighted by molar-refractivity contribution is 7.89. The zero-order chi connectivity index (χ0) is 18.9. The lowest BCUT2D eigenvalue weighted by Gasteiger charge is -2.35. The monoisotopic (exact) mass is 385 g/mol. The van der Waals surface area contributed by atoms with E-state index in [2.05, 4.69) is 10.2 Å². The van der Waals surface area contributed by atoms with E-state index in [0.717, 1.165) is 11.3 Å². The first kappa shape index (κ1) is 18.0. The second kappa shape index (κ2) is 7.32. The molecule has 1 N–H and O–H groups in total. The summed E-state index contributed by atoms with van der Waals surface area (Å²) in [6, 6.07) is 17.0. The van der Waals surface area contributed by atoms with E-state index < -0.39 is 10.0 Å². The number of hydrogen-bond acceptors (Lipinski definition) is 4. The summed E-state index contributed by atoms with van der Waals surface area (Å²) in [4.78, 5) is 13.9. The van der Waals surface area contributed by atoms with Crippen molar-refractivity contribution in [2.75, 3.05) is 37.6 Å². The minimum atomic E-state index is -3.49. The van der Waals surface area contributed by atoms with Gasteiger partial charge >= 0.3 is 0 Å². The summed E-state index contributed by atoms with van der Waals surface area (Å²) in [6.07, 6.45) is 0.466. The Balaban J connectivity index is 1.43. The second-order valence-corrected chi connectivity index (χ2v) is 8.94.